The van der Waals surface area contributed by atoms with E-state index >= 15 is 0 Å². The molecule has 2 atom stereocenters. The lowest BCUT2D eigenvalue weighted by molar-refractivity contribution is -0.115. The third kappa shape index (κ3) is 3.67. The smallest absolute Gasteiger partial charge is 0.237 e. The zero-order chi connectivity index (χ0) is 19.8. The van der Waals surface area contributed by atoms with E-state index in [-0.39, 0.29) is 11.2 Å². The predicted molar refractivity (Wildman–Crippen MR) is 118 cm³/mol. The molecule has 146 valence electrons. The van der Waals surface area contributed by atoms with Gasteiger partial charge in [-0.05, 0) is 68.7 Å². The van der Waals surface area contributed by atoms with Gasteiger partial charge in [0, 0.05) is 16.0 Å². The van der Waals surface area contributed by atoms with Crippen molar-refractivity contribution < 1.29 is 4.79 Å². The van der Waals surface area contributed by atoms with Crippen molar-refractivity contribution >= 4 is 44.9 Å². The Labute approximate surface area is 174 Å². The molecule has 0 bridgehead atoms. The van der Waals surface area contributed by atoms with Gasteiger partial charge in [-0.25, -0.2) is 9.97 Å². The van der Waals surface area contributed by atoms with Crippen LogP contribution in [0, 0.1) is 19.8 Å². The zero-order valence-electron chi connectivity index (χ0n) is 16.7. The molecule has 0 saturated heterocycles. The van der Waals surface area contributed by atoms with Crippen LogP contribution >= 0.6 is 23.1 Å². The number of carbonyl (C=O) groups excluding carboxylic acids is 1. The lowest BCUT2D eigenvalue weighted by Gasteiger charge is -2.18. The molecule has 3 aromatic rings. The minimum absolute atomic E-state index is 0.00295. The molecule has 4 rings (SSSR count). The number of thiophene rings is 1. The quantitative estimate of drug-likeness (QED) is 0.451. The van der Waals surface area contributed by atoms with Gasteiger partial charge in [-0.2, -0.15) is 0 Å². The molecule has 0 radical (unpaired) electrons. The fraction of sp³-hybridized carbons (Fsp3) is 0.409. The van der Waals surface area contributed by atoms with Gasteiger partial charge >= 0.3 is 0 Å². The van der Waals surface area contributed by atoms with E-state index in [9.17, 15) is 4.79 Å². The van der Waals surface area contributed by atoms with Gasteiger partial charge in [0.2, 0.25) is 5.91 Å². The number of anilines is 1. The van der Waals surface area contributed by atoms with E-state index in [1.165, 1.54) is 39.6 Å². The first kappa shape index (κ1) is 19.4. The van der Waals surface area contributed by atoms with Crippen molar-refractivity contribution in [1.29, 1.82) is 0 Å². The molecule has 4 nitrogen and oxygen atoms in total. The van der Waals surface area contributed by atoms with Crippen LogP contribution in [-0.2, 0) is 17.6 Å². The van der Waals surface area contributed by atoms with Crippen molar-refractivity contribution in [2.75, 3.05) is 5.32 Å². The van der Waals surface area contributed by atoms with Gasteiger partial charge in [0.05, 0.1) is 5.25 Å². The molecule has 2 heterocycles. The summed E-state index contributed by atoms with van der Waals surface area (Å²) >= 11 is 3.33. The lowest BCUT2D eigenvalue weighted by atomic mass is 9.89. The van der Waals surface area contributed by atoms with Crippen molar-refractivity contribution in [2.24, 2.45) is 5.92 Å². The summed E-state index contributed by atoms with van der Waals surface area (Å²) in [5.41, 5.74) is 4.57. The number of nitrogens with zero attached hydrogens (tertiary/aromatic N) is 2. The maximum absolute atomic E-state index is 12.8. The van der Waals surface area contributed by atoms with E-state index in [4.69, 9.17) is 0 Å². The Hall–Kier alpha value is -1.92. The predicted octanol–water partition coefficient (Wildman–Crippen LogP) is 5.55. The average molecular weight is 412 g/mol. The Kier molecular flexibility index (Phi) is 5.43. The largest absolute Gasteiger partial charge is 0.325 e. The number of thioether (sulfide) groups is 1. The molecule has 1 aliphatic rings. The van der Waals surface area contributed by atoms with Gasteiger partial charge in [0.25, 0.3) is 0 Å². The van der Waals surface area contributed by atoms with Crippen molar-refractivity contribution in [3.63, 3.8) is 0 Å². The maximum Gasteiger partial charge on any atom is 0.237 e. The monoisotopic (exact) mass is 411 g/mol. The van der Waals surface area contributed by atoms with Crippen LogP contribution in [0.25, 0.3) is 10.2 Å². The first-order valence-electron chi connectivity index (χ1n) is 9.73. The molecule has 28 heavy (non-hydrogen) atoms. The van der Waals surface area contributed by atoms with Gasteiger partial charge in [-0.15, -0.1) is 11.3 Å². The van der Waals surface area contributed by atoms with Gasteiger partial charge in [-0.3, -0.25) is 4.79 Å². The Morgan fingerprint density at radius 1 is 1.32 bits per heavy atom. The summed E-state index contributed by atoms with van der Waals surface area (Å²) in [5, 5.41) is 4.94. The topological polar surface area (TPSA) is 54.9 Å². The highest BCUT2D eigenvalue weighted by Crippen LogP contribution is 2.41. The summed E-state index contributed by atoms with van der Waals surface area (Å²) in [7, 11) is 0. The number of rotatable bonds is 4. The van der Waals surface area contributed by atoms with Gasteiger partial charge < -0.3 is 5.32 Å². The summed E-state index contributed by atoms with van der Waals surface area (Å²) in [6.45, 7) is 8.35. The Morgan fingerprint density at radius 2 is 2.14 bits per heavy atom. The third-order valence-corrected chi connectivity index (χ3v) is 7.84. The summed E-state index contributed by atoms with van der Waals surface area (Å²) < 4.78 is 0. The number of hydrogen-bond donors (Lipinski definition) is 1. The Balaban J connectivity index is 1.57. The Bertz CT molecular complexity index is 1040. The summed E-state index contributed by atoms with van der Waals surface area (Å²) in [6, 6.07) is 5.99. The summed E-state index contributed by atoms with van der Waals surface area (Å²) in [5.74, 6) is 0.732. The number of carbonyl (C=O) groups is 1. The van der Waals surface area contributed by atoms with Gasteiger partial charge in [0.15, 0.2) is 0 Å². The van der Waals surface area contributed by atoms with Crippen LogP contribution in [0.5, 0.6) is 0 Å². The molecular formula is C22H25N3OS2. The second-order valence-corrected chi connectivity index (χ2v) is 10.1. The standard InChI is InChI=1S/C22H25N3OS2/c1-12-8-9-16-18(10-12)28-22-19(16)21(23-11-24-22)27-15(4)20(26)25-17-7-5-6-13(2)14(17)3/h5-7,11-12,15H,8-10H2,1-4H3,(H,25,26)/t12-,15-/m0/s1. The van der Waals surface area contributed by atoms with Crippen LogP contribution < -0.4 is 5.32 Å². The molecular weight excluding hydrogens is 386 g/mol. The molecule has 0 unspecified atom stereocenters. The van der Waals surface area contributed by atoms with Crippen LogP contribution in [-0.4, -0.2) is 21.1 Å². The van der Waals surface area contributed by atoms with Crippen molar-refractivity contribution in [1.82, 2.24) is 9.97 Å². The molecule has 1 amide bonds. The highest BCUT2D eigenvalue weighted by Gasteiger charge is 2.25. The first-order chi connectivity index (χ1) is 13.4. The molecule has 0 aliphatic heterocycles. The number of nitrogens with one attached hydrogen (secondary N) is 1. The molecule has 0 saturated carbocycles. The summed E-state index contributed by atoms with van der Waals surface area (Å²) in [6.07, 6.45) is 5.05. The van der Waals surface area contributed by atoms with Gasteiger partial charge in [-0.1, -0.05) is 30.8 Å². The fourth-order valence-electron chi connectivity index (χ4n) is 3.68. The van der Waals surface area contributed by atoms with Crippen molar-refractivity contribution in [3.8, 4) is 0 Å². The fourth-order valence-corrected chi connectivity index (χ4v) is 6.04. The number of hydrogen-bond acceptors (Lipinski definition) is 5. The molecule has 6 heteroatoms. The first-order valence-corrected chi connectivity index (χ1v) is 11.4. The van der Waals surface area contributed by atoms with E-state index in [0.29, 0.717) is 0 Å². The third-order valence-electron chi connectivity index (χ3n) is 5.58. The normalized spacial score (nSPS) is 17.4. The maximum atomic E-state index is 12.8. The van der Waals surface area contributed by atoms with Crippen LogP contribution in [0.15, 0.2) is 29.6 Å². The van der Waals surface area contributed by atoms with E-state index in [0.717, 1.165) is 39.9 Å². The average Bonchev–Trinajstić information content (AvgIpc) is 3.03. The highest BCUT2D eigenvalue weighted by molar-refractivity contribution is 8.00. The summed E-state index contributed by atoms with van der Waals surface area (Å²) in [4.78, 5) is 24.4. The molecule has 1 aromatic carbocycles. The lowest BCUT2D eigenvalue weighted by Crippen LogP contribution is -2.23. The Morgan fingerprint density at radius 3 is 2.96 bits per heavy atom. The van der Waals surface area contributed by atoms with Crippen LogP contribution in [0.4, 0.5) is 5.69 Å². The van der Waals surface area contributed by atoms with E-state index < -0.39 is 0 Å². The number of aryl methyl sites for hydroxylation is 2. The number of fused-ring (bicyclic) bond motifs is 3. The highest BCUT2D eigenvalue weighted by atomic mass is 32.2. The number of benzene rings is 1. The van der Waals surface area contributed by atoms with Crippen LogP contribution in [0.2, 0.25) is 0 Å². The van der Waals surface area contributed by atoms with E-state index in [1.54, 1.807) is 17.7 Å². The van der Waals surface area contributed by atoms with E-state index in [1.807, 2.05) is 26.0 Å². The second-order valence-electron chi connectivity index (χ2n) is 7.71. The molecule has 2 aromatic heterocycles. The van der Waals surface area contributed by atoms with E-state index in [2.05, 4.69) is 35.2 Å². The molecule has 1 N–H and O–H groups in total. The minimum atomic E-state index is -0.240. The molecule has 0 fully saturated rings. The SMILES string of the molecule is Cc1cccc(NC(=O)[C@H](C)Sc2ncnc3sc4c(c23)CC[C@H](C)C4)c1C. The second kappa shape index (κ2) is 7.84. The zero-order valence-corrected chi connectivity index (χ0v) is 18.3. The van der Waals surface area contributed by atoms with Crippen LogP contribution in [0.1, 0.15) is 41.8 Å². The van der Waals surface area contributed by atoms with Crippen molar-refractivity contribution in [2.45, 2.75) is 57.2 Å². The van der Waals surface area contributed by atoms with Crippen LogP contribution in [0.3, 0.4) is 0 Å². The number of amides is 1. The molecule has 0 spiro atoms. The molecule has 1 aliphatic carbocycles. The van der Waals surface area contributed by atoms with Crippen molar-refractivity contribution in [3.05, 3.63) is 46.1 Å². The van der Waals surface area contributed by atoms with Gasteiger partial charge in [0.1, 0.15) is 16.2 Å². The minimum Gasteiger partial charge on any atom is -0.325 e. The number of aromatic nitrogens is 2.